The quantitative estimate of drug-likeness (QED) is 0.872. The molecule has 0 aromatic carbocycles. The average Bonchev–Trinajstić information content (AvgIpc) is 3.03. The number of nitrogens with one attached hydrogen (secondary N) is 1. The lowest BCUT2D eigenvalue weighted by Gasteiger charge is -2.09. The molecule has 0 saturated carbocycles. The number of ether oxygens (including phenoxy) is 1. The van der Waals surface area contributed by atoms with Gasteiger partial charge < -0.3 is 14.5 Å². The lowest BCUT2D eigenvalue weighted by atomic mass is 10.2. The van der Waals surface area contributed by atoms with E-state index in [9.17, 15) is 0 Å². The van der Waals surface area contributed by atoms with Gasteiger partial charge in [-0.05, 0) is 13.0 Å². The van der Waals surface area contributed by atoms with Gasteiger partial charge in [-0.25, -0.2) is 0 Å². The molecule has 0 amide bonds. The zero-order chi connectivity index (χ0) is 13.0. The van der Waals surface area contributed by atoms with Gasteiger partial charge in [0.2, 0.25) is 5.89 Å². The van der Waals surface area contributed by atoms with Gasteiger partial charge in [-0.1, -0.05) is 13.8 Å². The summed E-state index contributed by atoms with van der Waals surface area (Å²) in [4.78, 5) is 0.928. The SMILES string of the molecule is CCNC(CC)c1nnc(-c2cc(OC)cs2)o1. The Kier molecular flexibility index (Phi) is 4.33. The molecule has 0 spiro atoms. The summed E-state index contributed by atoms with van der Waals surface area (Å²) in [5.74, 6) is 2.00. The average molecular weight is 267 g/mol. The first-order valence-corrected chi connectivity index (χ1v) is 6.86. The van der Waals surface area contributed by atoms with Crippen molar-refractivity contribution in [2.75, 3.05) is 13.7 Å². The van der Waals surface area contributed by atoms with E-state index in [1.807, 2.05) is 11.4 Å². The van der Waals surface area contributed by atoms with Crippen LogP contribution in [0.15, 0.2) is 15.9 Å². The largest absolute Gasteiger partial charge is 0.496 e. The third-order valence-corrected chi connectivity index (χ3v) is 3.52. The molecule has 98 valence electrons. The summed E-state index contributed by atoms with van der Waals surface area (Å²) >= 11 is 1.53. The smallest absolute Gasteiger partial charge is 0.257 e. The van der Waals surface area contributed by atoms with Gasteiger partial charge in [-0.2, -0.15) is 0 Å². The Morgan fingerprint density at radius 2 is 2.28 bits per heavy atom. The molecule has 0 radical (unpaired) electrons. The highest BCUT2D eigenvalue weighted by molar-refractivity contribution is 7.13. The van der Waals surface area contributed by atoms with Crippen LogP contribution in [-0.2, 0) is 0 Å². The fraction of sp³-hybridized carbons (Fsp3) is 0.500. The highest BCUT2D eigenvalue weighted by Crippen LogP contribution is 2.31. The lowest BCUT2D eigenvalue weighted by molar-refractivity contribution is 0.402. The maximum atomic E-state index is 5.70. The molecule has 6 heteroatoms. The summed E-state index contributed by atoms with van der Waals surface area (Å²) in [7, 11) is 1.64. The maximum Gasteiger partial charge on any atom is 0.257 e. The van der Waals surface area contributed by atoms with Crippen LogP contribution in [0.4, 0.5) is 0 Å². The molecule has 1 N–H and O–H groups in total. The summed E-state index contributed by atoms with van der Waals surface area (Å²) in [6, 6.07) is 2.02. The van der Waals surface area contributed by atoms with Crippen molar-refractivity contribution in [3.63, 3.8) is 0 Å². The van der Waals surface area contributed by atoms with Crippen LogP contribution in [-0.4, -0.2) is 23.9 Å². The van der Waals surface area contributed by atoms with Crippen LogP contribution in [0, 0.1) is 0 Å². The van der Waals surface area contributed by atoms with E-state index >= 15 is 0 Å². The van der Waals surface area contributed by atoms with E-state index in [1.54, 1.807) is 7.11 Å². The molecule has 18 heavy (non-hydrogen) atoms. The van der Waals surface area contributed by atoms with Crippen molar-refractivity contribution in [3.8, 4) is 16.5 Å². The highest BCUT2D eigenvalue weighted by atomic mass is 32.1. The zero-order valence-corrected chi connectivity index (χ0v) is 11.6. The predicted octanol–water partition coefficient (Wildman–Crippen LogP) is 2.87. The van der Waals surface area contributed by atoms with Crippen LogP contribution in [0.25, 0.3) is 10.8 Å². The van der Waals surface area contributed by atoms with E-state index in [1.165, 1.54) is 11.3 Å². The Balaban J connectivity index is 2.18. The second-order valence-corrected chi connectivity index (χ2v) is 4.73. The Labute approximate surface area is 110 Å². The predicted molar refractivity (Wildman–Crippen MR) is 70.9 cm³/mol. The minimum absolute atomic E-state index is 0.123. The minimum Gasteiger partial charge on any atom is -0.496 e. The Morgan fingerprint density at radius 1 is 1.44 bits per heavy atom. The fourth-order valence-electron chi connectivity index (χ4n) is 1.67. The van der Waals surface area contributed by atoms with Crippen molar-refractivity contribution in [3.05, 3.63) is 17.3 Å². The summed E-state index contributed by atoms with van der Waals surface area (Å²) in [5.41, 5.74) is 0. The van der Waals surface area contributed by atoms with E-state index in [4.69, 9.17) is 9.15 Å². The first kappa shape index (κ1) is 13.0. The first-order valence-electron chi connectivity index (χ1n) is 5.98. The molecule has 0 saturated heterocycles. The number of thiophene rings is 1. The van der Waals surface area contributed by atoms with Gasteiger partial charge in [0, 0.05) is 11.4 Å². The summed E-state index contributed by atoms with van der Waals surface area (Å²) < 4.78 is 10.8. The second kappa shape index (κ2) is 5.97. The molecule has 2 rings (SSSR count). The van der Waals surface area contributed by atoms with E-state index < -0.39 is 0 Å². The molecule has 2 aromatic rings. The first-order chi connectivity index (χ1) is 8.78. The molecule has 5 nitrogen and oxygen atoms in total. The third-order valence-electron chi connectivity index (χ3n) is 2.62. The van der Waals surface area contributed by atoms with Crippen molar-refractivity contribution >= 4 is 11.3 Å². The third kappa shape index (κ3) is 2.70. The van der Waals surface area contributed by atoms with E-state index in [2.05, 4.69) is 29.4 Å². The molecule has 2 heterocycles. The van der Waals surface area contributed by atoms with Crippen LogP contribution in [0.1, 0.15) is 32.2 Å². The van der Waals surface area contributed by atoms with Crippen LogP contribution >= 0.6 is 11.3 Å². The molecule has 0 aliphatic heterocycles. The van der Waals surface area contributed by atoms with Crippen LogP contribution in [0.2, 0.25) is 0 Å². The van der Waals surface area contributed by atoms with Gasteiger partial charge in [-0.3, -0.25) is 0 Å². The highest BCUT2D eigenvalue weighted by Gasteiger charge is 2.17. The van der Waals surface area contributed by atoms with Gasteiger partial charge in [-0.15, -0.1) is 21.5 Å². The maximum absolute atomic E-state index is 5.70. The van der Waals surface area contributed by atoms with Gasteiger partial charge in [0.15, 0.2) is 0 Å². The molecular weight excluding hydrogens is 250 g/mol. The number of hydrogen-bond donors (Lipinski definition) is 1. The normalized spacial score (nSPS) is 12.6. The minimum atomic E-state index is 0.123. The number of rotatable bonds is 6. The molecule has 0 aliphatic carbocycles. The zero-order valence-electron chi connectivity index (χ0n) is 10.8. The summed E-state index contributed by atoms with van der Waals surface area (Å²) in [6.45, 7) is 5.03. The van der Waals surface area contributed by atoms with Crippen molar-refractivity contribution < 1.29 is 9.15 Å². The molecule has 0 aliphatic rings. The van der Waals surface area contributed by atoms with Crippen LogP contribution in [0.3, 0.4) is 0 Å². The lowest BCUT2D eigenvalue weighted by Crippen LogP contribution is -2.20. The van der Waals surface area contributed by atoms with Crippen molar-refractivity contribution in [1.82, 2.24) is 15.5 Å². The van der Waals surface area contributed by atoms with Gasteiger partial charge in [0.25, 0.3) is 5.89 Å². The molecule has 2 aromatic heterocycles. The molecule has 0 bridgehead atoms. The monoisotopic (exact) mass is 267 g/mol. The number of nitrogens with zero attached hydrogens (tertiary/aromatic N) is 2. The van der Waals surface area contributed by atoms with Gasteiger partial charge >= 0.3 is 0 Å². The van der Waals surface area contributed by atoms with Crippen LogP contribution < -0.4 is 10.1 Å². The molecule has 1 unspecified atom stereocenters. The molecule has 1 atom stereocenters. The van der Waals surface area contributed by atoms with Crippen molar-refractivity contribution in [2.24, 2.45) is 0 Å². The van der Waals surface area contributed by atoms with Gasteiger partial charge in [0.05, 0.1) is 18.0 Å². The number of methoxy groups -OCH3 is 1. The van der Waals surface area contributed by atoms with Gasteiger partial charge in [0.1, 0.15) is 5.75 Å². The van der Waals surface area contributed by atoms with E-state index in [-0.39, 0.29) is 6.04 Å². The van der Waals surface area contributed by atoms with E-state index in [0.29, 0.717) is 11.8 Å². The second-order valence-electron chi connectivity index (χ2n) is 3.81. The molecular formula is C12H17N3O2S. The summed E-state index contributed by atoms with van der Waals surface area (Å²) in [6.07, 6.45) is 0.920. The Bertz CT molecular complexity index is 495. The standard InChI is InChI=1S/C12H17N3O2S/c1-4-9(13-5-2)11-14-15-12(17-11)10-6-8(16-3)7-18-10/h6-7,9,13H,4-5H2,1-3H3. The van der Waals surface area contributed by atoms with E-state index in [0.717, 1.165) is 23.6 Å². The Hall–Kier alpha value is -1.40. The van der Waals surface area contributed by atoms with Crippen LogP contribution in [0.5, 0.6) is 5.75 Å². The number of hydrogen-bond acceptors (Lipinski definition) is 6. The molecule has 0 fully saturated rings. The van der Waals surface area contributed by atoms with Crippen molar-refractivity contribution in [1.29, 1.82) is 0 Å². The topological polar surface area (TPSA) is 60.2 Å². The summed E-state index contributed by atoms with van der Waals surface area (Å²) in [5, 5.41) is 13.4. The number of aromatic nitrogens is 2. The Morgan fingerprint density at radius 3 is 2.89 bits per heavy atom. The fourth-order valence-corrected chi connectivity index (χ4v) is 2.44. The van der Waals surface area contributed by atoms with Crippen molar-refractivity contribution in [2.45, 2.75) is 26.3 Å².